The van der Waals surface area contributed by atoms with Crippen LogP contribution in [-0.2, 0) is 17.8 Å². The first-order chi connectivity index (χ1) is 12.1. The Morgan fingerprint density at radius 3 is 2.76 bits per heavy atom. The van der Waals surface area contributed by atoms with Crippen LogP contribution in [0.4, 0.5) is 8.78 Å². The Hall–Kier alpha value is -2.31. The second-order valence-corrected chi connectivity index (χ2v) is 6.33. The topological polar surface area (TPSA) is 59.2 Å². The molecule has 1 saturated carbocycles. The van der Waals surface area contributed by atoms with E-state index in [0.29, 0.717) is 42.7 Å². The van der Waals surface area contributed by atoms with Gasteiger partial charge in [0, 0.05) is 18.9 Å². The fourth-order valence-corrected chi connectivity index (χ4v) is 2.80. The highest BCUT2D eigenvalue weighted by atomic mass is 19.2. The first-order valence-corrected chi connectivity index (χ1v) is 8.61. The first-order valence-electron chi connectivity index (χ1n) is 8.61. The lowest BCUT2D eigenvalue weighted by Crippen LogP contribution is -2.31. The molecule has 1 aliphatic rings. The predicted molar refractivity (Wildman–Crippen MR) is 86.7 cm³/mol. The predicted octanol–water partition coefficient (Wildman–Crippen LogP) is 3.60. The molecule has 0 bridgehead atoms. The van der Waals surface area contributed by atoms with Crippen molar-refractivity contribution in [2.75, 3.05) is 6.54 Å². The maximum atomic E-state index is 13.2. The number of hydrogen-bond donors (Lipinski definition) is 0. The minimum absolute atomic E-state index is 0.0813. The normalized spacial score (nSPS) is 14.4. The number of nitrogens with zero attached hydrogens (tertiary/aromatic N) is 3. The molecular formula is C18H21F2N3O2. The number of hydrogen-bond acceptors (Lipinski definition) is 4. The van der Waals surface area contributed by atoms with Crippen molar-refractivity contribution < 1.29 is 18.1 Å². The molecule has 0 N–H and O–H groups in total. The van der Waals surface area contributed by atoms with E-state index in [4.69, 9.17) is 4.52 Å². The third-order valence-corrected chi connectivity index (χ3v) is 4.62. The molecule has 1 aliphatic carbocycles. The summed E-state index contributed by atoms with van der Waals surface area (Å²) in [5.74, 6) is -0.337. The van der Waals surface area contributed by atoms with Crippen molar-refractivity contribution in [3.05, 3.63) is 47.1 Å². The van der Waals surface area contributed by atoms with Crippen LogP contribution < -0.4 is 0 Å². The van der Waals surface area contributed by atoms with Crippen LogP contribution in [0.1, 0.15) is 55.8 Å². The Balaban J connectivity index is 1.55. The number of benzene rings is 1. The van der Waals surface area contributed by atoms with Gasteiger partial charge in [0.05, 0.1) is 6.54 Å². The lowest BCUT2D eigenvalue weighted by Gasteiger charge is -2.20. The lowest BCUT2D eigenvalue weighted by molar-refractivity contribution is -0.131. The Morgan fingerprint density at radius 2 is 2.12 bits per heavy atom. The van der Waals surface area contributed by atoms with E-state index in [2.05, 4.69) is 10.1 Å². The molecule has 0 aliphatic heterocycles. The average Bonchev–Trinajstić information content (AvgIpc) is 2.99. The molecule has 0 atom stereocenters. The SMILES string of the molecule is CCN(Cc1noc(C2CCC2)n1)C(=O)CCc1ccc(F)c(F)c1. The standard InChI is InChI=1S/C18H21F2N3O2/c1-2-23(11-16-21-18(25-22-16)13-4-3-5-13)17(24)9-7-12-6-8-14(19)15(20)10-12/h6,8,10,13H,2-5,7,9,11H2,1H3. The fraction of sp³-hybridized carbons (Fsp3) is 0.500. The largest absolute Gasteiger partial charge is 0.339 e. The number of amides is 1. The van der Waals surface area contributed by atoms with Gasteiger partial charge in [0.25, 0.3) is 0 Å². The van der Waals surface area contributed by atoms with Crippen LogP contribution in [0.3, 0.4) is 0 Å². The van der Waals surface area contributed by atoms with Gasteiger partial charge in [-0.3, -0.25) is 4.79 Å². The van der Waals surface area contributed by atoms with Crippen LogP contribution in [0.2, 0.25) is 0 Å². The molecule has 0 radical (unpaired) electrons. The lowest BCUT2D eigenvalue weighted by atomic mass is 9.85. The molecule has 0 unspecified atom stereocenters. The summed E-state index contributed by atoms with van der Waals surface area (Å²) in [7, 11) is 0. The molecule has 134 valence electrons. The van der Waals surface area contributed by atoms with E-state index >= 15 is 0 Å². The van der Waals surface area contributed by atoms with Crippen molar-refractivity contribution in [3.8, 4) is 0 Å². The summed E-state index contributed by atoms with van der Waals surface area (Å²) in [6.45, 7) is 2.69. The van der Waals surface area contributed by atoms with E-state index in [9.17, 15) is 13.6 Å². The molecule has 0 spiro atoms. The zero-order valence-electron chi connectivity index (χ0n) is 14.2. The highest BCUT2D eigenvalue weighted by molar-refractivity contribution is 5.76. The highest BCUT2D eigenvalue weighted by Gasteiger charge is 2.26. The van der Waals surface area contributed by atoms with Gasteiger partial charge in [-0.2, -0.15) is 4.98 Å². The minimum Gasteiger partial charge on any atom is -0.339 e. The molecule has 1 amide bonds. The first kappa shape index (κ1) is 17.5. The summed E-state index contributed by atoms with van der Waals surface area (Å²) in [5, 5.41) is 3.96. The van der Waals surface area contributed by atoms with E-state index in [0.717, 1.165) is 25.0 Å². The summed E-state index contributed by atoms with van der Waals surface area (Å²) in [5.41, 5.74) is 0.593. The van der Waals surface area contributed by atoms with Gasteiger partial charge >= 0.3 is 0 Å². The van der Waals surface area contributed by atoms with Crippen molar-refractivity contribution in [1.29, 1.82) is 0 Å². The molecule has 1 aromatic carbocycles. The van der Waals surface area contributed by atoms with E-state index in [1.807, 2.05) is 6.92 Å². The van der Waals surface area contributed by atoms with Crippen LogP contribution in [0.15, 0.2) is 22.7 Å². The fourth-order valence-electron chi connectivity index (χ4n) is 2.80. The second-order valence-electron chi connectivity index (χ2n) is 6.33. The van der Waals surface area contributed by atoms with Gasteiger partial charge in [0.1, 0.15) is 0 Å². The smallest absolute Gasteiger partial charge is 0.229 e. The second kappa shape index (κ2) is 7.72. The van der Waals surface area contributed by atoms with Gasteiger partial charge in [0.2, 0.25) is 11.8 Å². The summed E-state index contributed by atoms with van der Waals surface area (Å²) >= 11 is 0. The van der Waals surface area contributed by atoms with Gasteiger partial charge in [0.15, 0.2) is 17.5 Å². The number of carbonyl (C=O) groups is 1. The van der Waals surface area contributed by atoms with E-state index < -0.39 is 11.6 Å². The third kappa shape index (κ3) is 4.21. The molecule has 7 heteroatoms. The Bertz CT molecular complexity index is 744. The van der Waals surface area contributed by atoms with Gasteiger partial charge in [-0.05, 0) is 43.9 Å². The van der Waals surface area contributed by atoms with Crippen LogP contribution in [0, 0.1) is 11.6 Å². The maximum absolute atomic E-state index is 13.2. The van der Waals surface area contributed by atoms with Crippen LogP contribution in [0.25, 0.3) is 0 Å². The quantitative estimate of drug-likeness (QED) is 0.766. The number of rotatable bonds is 7. The van der Waals surface area contributed by atoms with Crippen LogP contribution in [-0.4, -0.2) is 27.5 Å². The molecule has 2 aromatic rings. The van der Waals surface area contributed by atoms with Crippen molar-refractivity contribution in [1.82, 2.24) is 15.0 Å². The van der Waals surface area contributed by atoms with Crippen LogP contribution in [0.5, 0.6) is 0 Å². The molecule has 0 saturated heterocycles. The molecular weight excluding hydrogens is 328 g/mol. The van der Waals surface area contributed by atoms with Crippen molar-refractivity contribution in [2.45, 2.75) is 51.5 Å². The van der Waals surface area contributed by atoms with Crippen molar-refractivity contribution >= 4 is 5.91 Å². The van der Waals surface area contributed by atoms with Gasteiger partial charge in [-0.1, -0.05) is 17.6 Å². The molecule has 1 aromatic heterocycles. The van der Waals surface area contributed by atoms with E-state index in [1.54, 1.807) is 4.90 Å². The van der Waals surface area contributed by atoms with Crippen molar-refractivity contribution in [2.24, 2.45) is 0 Å². The monoisotopic (exact) mass is 349 g/mol. The molecule has 3 rings (SSSR count). The summed E-state index contributed by atoms with van der Waals surface area (Å²) < 4.78 is 31.4. The Morgan fingerprint density at radius 1 is 1.32 bits per heavy atom. The summed E-state index contributed by atoms with van der Waals surface area (Å²) in [4.78, 5) is 18.4. The number of aromatic nitrogens is 2. The van der Waals surface area contributed by atoms with Gasteiger partial charge < -0.3 is 9.42 Å². The molecule has 25 heavy (non-hydrogen) atoms. The average molecular weight is 349 g/mol. The van der Waals surface area contributed by atoms with E-state index in [-0.39, 0.29) is 12.3 Å². The van der Waals surface area contributed by atoms with Crippen LogP contribution >= 0.6 is 0 Å². The molecule has 1 heterocycles. The van der Waals surface area contributed by atoms with Gasteiger partial charge in [-0.15, -0.1) is 0 Å². The molecule has 1 fully saturated rings. The number of carbonyl (C=O) groups excluding carboxylic acids is 1. The van der Waals surface area contributed by atoms with E-state index in [1.165, 1.54) is 12.5 Å². The zero-order chi connectivity index (χ0) is 17.8. The Kier molecular flexibility index (Phi) is 5.40. The maximum Gasteiger partial charge on any atom is 0.229 e. The summed E-state index contributed by atoms with van der Waals surface area (Å²) in [6.07, 6.45) is 3.91. The number of aryl methyl sites for hydroxylation is 1. The summed E-state index contributed by atoms with van der Waals surface area (Å²) in [6, 6.07) is 3.70. The van der Waals surface area contributed by atoms with Gasteiger partial charge in [-0.25, -0.2) is 8.78 Å². The van der Waals surface area contributed by atoms with Crippen molar-refractivity contribution in [3.63, 3.8) is 0 Å². The third-order valence-electron chi connectivity index (χ3n) is 4.62. The zero-order valence-corrected chi connectivity index (χ0v) is 14.2. The minimum atomic E-state index is -0.896. The Labute approximate surface area is 145 Å². The number of halogens is 2. The highest BCUT2D eigenvalue weighted by Crippen LogP contribution is 2.35. The molecule has 5 nitrogen and oxygen atoms in total.